The van der Waals surface area contributed by atoms with E-state index in [4.69, 9.17) is 0 Å². The van der Waals surface area contributed by atoms with Crippen LogP contribution in [0, 0.1) is 10.1 Å². The summed E-state index contributed by atoms with van der Waals surface area (Å²) in [5.41, 5.74) is -0.465. The monoisotopic (exact) mass is 277 g/mol. The van der Waals surface area contributed by atoms with Gasteiger partial charge in [-0.3, -0.25) is 14.9 Å². The molecule has 0 aliphatic carbocycles. The molecule has 19 heavy (non-hydrogen) atoms. The fraction of sp³-hybridized carbons (Fsp3) is 0.300. The standard InChI is InChI=1S/C10H10F3N3O3/c1-15(2)8-4-3-6(16(18)19)5-7(8)14-9(17)10(11,12)13/h3-5H,1-2H3,(H,14,17). The second kappa shape index (κ2) is 5.12. The minimum Gasteiger partial charge on any atom is -0.376 e. The third kappa shape index (κ3) is 3.57. The van der Waals surface area contributed by atoms with Crippen LogP contribution in [0.4, 0.5) is 30.2 Å². The first-order valence-corrected chi connectivity index (χ1v) is 4.97. The van der Waals surface area contributed by atoms with Crippen LogP contribution in [0.3, 0.4) is 0 Å². The molecule has 1 amide bonds. The lowest BCUT2D eigenvalue weighted by Crippen LogP contribution is -2.30. The van der Waals surface area contributed by atoms with Crippen molar-refractivity contribution >= 4 is 23.0 Å². The number of carbonyl (C=O) groups is 1. The van der Waals surface area contributed by atoms with Crippen LogP contribution in [0.5, 0.6) is 0 Å². The molecule has 9 heteroatoms. The number of hydrogen-bond acceptors (Lipinski definition) is 4. The van der Waals surface area contributed by atoms with E-state index in [1.807, 2.05) is 0 Å². The summed E-state index contributed by atoms with van der Waals surface area (Å²) in [7, 11) is 3.06. The van der Waals surface area contributed by atoms with E-state index in [1.165, 1.54) is 25.1 Å². The molecule has 0 aliphatic heterocycles. The zero-order valence-electron chi connectivity index (χ0n) is 9.99. The fourth-order valence-electron chi connectivity index (χ4n) is 1.32. The summed E-state index contributed by atoms with van der Waals surface area (Å²) in [5.74, 6) is -2.18. The van der Waals surface area contributed by atoms with Gasteiger partial charge in [0.05, 0.1) is 16.3 Å². The van der Waals surface area contributed by atoms with Gasteiger partial charge in [0.15, 0.2) is 0 Å². The Balaban J connectivity index is 3.18. The first kappa shape index (κ1) is 14.7. The van der Waals surface area contributed by atoms with Crippen molar-refractivity contribution in [1.82, 2.24) is 0 Å². The first-order chi connectivity index (χ1) is 8.62. The van der Waals surface area contributed by atoms with Crippen LogP contribution in [0.15, 0.2) is 18.2 Å². The molecule has 0 saturated carbocycles. The van der Waals surface area contributed by atoms with Gasteiger partial charge in [-0.15, -0.1) is 0 Å². The van der Waals surface area contributed by atoms with Gasteiger partial charge in [0.2, 0.25) is 0 Å². The van der Waals surface area contributed by atoms with Gasteiger partial charge < -0.3 is 10.2 Å². The molecule has 6 nitrogen and oxygen atoms in total. The maximum atomic E-state index is 12.2. The van der Waals surface area contributed by atoms with Crippen LogP contribution in [0.25, 0.3) is 0 Å². The molecule has 1 aromatic rings. The highest BCUT2D eigenvalue weighted by Crippen LogP contribution is 2.30. The molecule has 1 aromatic carbocycles. The number of hydrogen-bond donors (Lipinski definition) is 1. The van der Waals surface area contributed by atoms with Crippen molar-refractivity contribution in [1.29, 1.82) is 0 Å². The third-order valence-corrected chi connectivity index (χ3v) is 2.18. The van der Waals surface area contributed by atoms with Crippen molar-refractivity contribution in [3.63, 3.8) is 0 Å². The molecule has 0 unspecified atom stereocenters. The van der Waals surface area contributed by atoms with Gasteiger partial charge in [-0.1, -0.05) is 0 Å². The number of halogens is 3. The smallest absolute Gasteiger partial charge is 0.376 e. The summed E-state index contributed by atoms with van der Waals surface area (Å²) in [5, 5.41) is 12.2. The Morgan fingerprint density at radius 2 is 1.95 bits per heavy atom. The van der Waals surface area contributed by atoms with Crippen molar-refractivity contribution < 1.29 is 22.9 Å². The number of alkyl halides is 3. The van der Waals surface area contributed by atoms with Crippen molar-refractivity contribution in [3.05, 3.63) is 28.3 Å². The number of carbonyl (C=O) groups excluding carboxylic acids is 1. The number of nitrogens with zero attached hydrogens (tertiary/aromatic N) is 2. The Morgan fingerprint density at radius 3 is 2.37 bits per heavy atom. The maximum absolute atomic E-state index is 12.2. The number of non-ortho nitro benzene ring substituents is 1. The van der Waals surface area contributed by atoms with Crippen molar-refractivity contribution in [2.45, 2.75) is 6.18 Å². The predicted molar refractivity (Wildman–Crippen MR) is 62.1 cm³/mol. The fourth-order valence-corrected chi connectivity index (χ4v) is 1.32. The van der Waals surface area contributed by atoms with E-state index in [0.717, 1.165) is 12.1 Å². The molecule has 0 atom stereocenters. The van der Waals surface area contributed by atoms with Gasteiger partial charge in [0.1, 0.15) is 0 Å². The highest BCUT2D eigenvalue weighted by Gasteiger charge is 2.39. The molecule has 0 aromatic heterocycles. The summed E-state index contributed by atoms with van der Waals surface area (Å²) in [6, 6.07) is 3.27. The number of benzene rings is 1. The van der Waals surface area contributed by atoms with Crippen LogP contribution in [0.2, 0.25) is 0 Å². The van der Waals surface area contributed by atoms with E-state index < -0.39 is 22.7 Å². The van der Waals surface area contributed by atoms with E-state index in [0.29, 0.717) is 0 Å². The van der Waals surface area contributed by atoms with Gasteiger partial charge in [-0.05, 0) is 6.07 Å². The zero-order valence-corrected chi connectivity index (χ0v) is 9.99. The molecule has 0 spiro atoms. The largest absolute Gasteiger partial charge is 0.471 e. The Bertz CT molecular complexity index is 514. The minimum absolute atomic E-state index is 0.225. The average molecular weight is 277 g/mol. The van der Waals surface area contributed by atoms with Crippen LogP contribution in [-0.2, 0) is 4.79 Å². The highest BCUT2D eigenvalue weighted by molar-refractivity contribution is 5.98. The highest BCUT2D eigenvalue weighted by atomic mass is 19.4. The van der Waals surface area contributed by atoms with Gasteiger partial charge in [-0.2, -0.15) is 13.2 Å². The number of anilines is 2. The van der Waals surface area contributed by atoms with Gasteiger partial charge >= 0.3 is 12.1 Å². The summed E-state index contributed by atoms with van der Waals surface area (Å²) in [6.07, 6.45) is -5.06. The molecule has 0 bridgehead atoms. The lowest BCUT2D eigenvalue weighted by atomic mass is 10.2. The van der Waals surface area contributed by atoms with E-state index in [1.54, 1.807) is 5.32 Å². The van der Waals surface area contributed by atoms with Crippen molar-refractivity contribution in [2.24, 2.45) is 0 Å². The van der Waals surface area contributed by atoms with E-state index >= 15 is 0 Å². The molecular weight excluding hydrogens is 267 g/mol. The van der Waals surface area contributed by atoms with E-state index in [-0.39, 0.29) is 11.4 Å². The van der Waals surface area contributed by atoms with Gasteiger partial charge in [0.25, 0.3) is 5.69 Å². The predicted octanol–water partition coefficient (Wildman–Crippen LogP) is 2.16. The van der Waals surface area contributed by atoms with Crippen LogP contribution < -0.4 is 10.2 Å². The van der Waals surface area contributed by atoms with Crippen LogP contribution in [0.1, 0.15) is 0 Å². The summed E-state index contributed by atoms with van der Waals surface area (Å²) < 4.78 is 36.5. The number of rotatable bonds is 3. The maximum Gasteiger partial charge on any atom is 0.471 e. The molecule has 0 radical (unpaired) electrons. The zero-order chi connectivity index (χ0) is 14.8. The topological polar surface area (TPSA) is 75.5 Å². The molecule has 1 N–H and O–H groups in total. The summed E-state index contributed by atoms with van der Waals surface area (Å²) in [4.78, 5) is 22.1. The molecule has 0 heterocycles. The lowest BCUT2D eigenvalue weighted by molar-refractivity contribution is -0.384. The number of nitro benzene ring substituents is 1. The molecule has 0 aliphatic rings. The van der Waals surface area contributed by atoms with E-state index in [9.17, 15) is 28.1 Å². The van der Waals surface area contributed by atoms with Gasteiger partial charge in [-0.25, -0.2) is 0 Å². The molecule has 0 saturated heterocycles. The van der Waals surface area contributed by atoms with Crippen molar-refractivity contribution in [3.8, 4) is 0 Å². The number of amides is 1. The number of nitro groups is 1. The SMILES string of the molecule is CN(C)c1ccc([N+](=O)[O-])cc1NC(=O)C(F)(F)F. The van der Waals surface area contributed by atoms with Crippen LogP contribution in [-0.4, -0.2) is 31.1 Å². The number of nitrogens with one attached hydrogen (secondary N) is 1. The Morgan fingerprint density at radius 1 is 1.37 bits per heavy atom. The van der Waals surface area contributed by atoms with Gasteiger partial charge in [0, 0.05) is 26.2 Å². The average Bonchev–Trinajstić information content (AvgIpc) is 2.27. The Labute approximate surface area is 106 Å². The molecule has 104 valence electrons. The molecule has 0 fully saturated rings. The quantitative estimate of drug-likeness (QED) is 0.678. The van der Waals surface area contributed by atoms with Crippen LogP contribution >= 0.6 is 0 Å². The van der Waals surface area contributed by atoms with Crippen molar-refractivity contribution in [2.75, 3.05) is 24.3 Å². The normalized spacial score (nSPS) is 11.0. The second-order valence-corrected chi connectivity index (χ2v) is 3.80. The minimum atomic E-state index is -5.06. The third-order valence-electron chi connectivity index (χ3n) is 2.18. The lowest BCUT2D eigenvalue weighted by Gasteiger charge is -2.18. The summed E-state index contributed by atoms with van der Waals surface area (Å²) >= 11 is 0. The Kier molecular flexibility index (Phi) is 3.98. The first-order valence-electron chi connectivity index (χ1n) is 4.97. The Hall–Kier alpha value is -2.32. The second-order valence-electron chi connectivity index (χ2n) is 3.80. The molecular formula is C10H10F3N3O3. The van der Waals surface area contributed by atoms with E-state index in [2.05, 4.69) is 0 Å². The molecule has 1 rings (SSSR count). The summed E-state index contributed by atoms with van der Waals surface area (Å²) in [6.45, 7) is 0.